The van der Waals surface area contributed by atoms with Crippen molar-refractivity contribution in [2.45, 2.75) is 45.6 Å². The van der Waals surface area contributed by atoms with E-state index in [2.05, 4.69) is 5.32 Å². The zero-order chi connectivity index (χ0) is 14.3. The third kappa shape index (κ3) is 6.04. The number of rotatable bonds is 7. The molecule has 1 atom stereocenters. The molecular weight excluding hydrogens is 242 g/mol. The maximum atomic E-state index is 11.7. The van der Waals surface area contributed by atoms with Gasteiger partial charge in [0.05, 0.1) is 0 Å². The Kier molecular flexibility index (Phi) is 6.06. The van der Waals surface area contributed by atoms with Gasteiger partial charge >= 0.3 is 5.97 Å². The molecule has 0 aliphatic heterocycles. The number of hydrogen-bond acceptors (Lipinski definition) is 2. The summed E-state index contributed by atoms with van der Waals surface area (Å²) < 4.78 is 0. The lowest BCUT2D eigenvalue weighted by Gasteiger charge is -2.13. The van der Waals surface area contributed by atoms with Crippen molar-refractivity contribution in [1.29, 1.82) is 0 Å². The number of nitrogens with one attached hydrogen (secondary N) is 1. The normalized spacial score (nSPS) is 11.9. The Balaban J connectivity index is 2.32. The first-order valence-corrected chi connectivity index (χ1v) is 6.54. The van der Waals surface area contributed by atoms with E-state index in [1.54, 1.807) is 0 Å². The Morgan fingerprint density at radius 3 is 2.58 bits per heavy atom. The topological polar surface area (TPSA) is 66.4 Å². The highest BCUT2D eigenvalue weighted by atomic mass is 16.4. The summed E-state index contributed by atoms with van der Waals surface area (Å²) in [6, 6.07) is 7.90. The van der Waals surface area contributed by atoms with Gasteiger partial charge in [-0.2, -0.15) is 0 Å². The maximum absolute atomic E-state index is 11.7. The third-order valence-corrected chi connectivity index (χ3v) is 3.08. The van der Waals surface area contributed by atoms with Crippen LogP contribution in [0.15, 0.2) is 24.3 Å². The fourth-order valence-corrected chi connectivity index (χ4v) is 1.90. The van der Waals surface area contributed by atoms with Gasteiger partial charge in [-0.25, -0.2) is 0 Å². The number of carboxylic acids is 1. The molecule has 0 saturated heterocycles. The number of carboxylic acid groups (broad SMARTS) is 1. The number of aliphatic carboxylic acids is 1. The Morgan fingerprint density at radius 2 is 1.95 bits per heavy atom. The highest BCUT2D eigenvalue weighted by Crippen LogP contribution is 2.09. The minimum Gasteiger partial charge on any atom is -0.481 e. The van der Waals surface area contributed by atoms with Crippen LogP contribution in [0, 0.1) is 6.92 Å². The van der Waals surface area contributed by atoms with Gasteiger partial charge in [0, 0.05) is 18.9 Å². The monoisotopic (exact) mass is 263 g/mol. The predicted molar refractivity (Wildman–Crippen MR) is 74.0 cm³/mol. The number of carbonyl (C=O) groups excluding carboxylic acids is 1. The fourth-order valence-electron chi connectivity index (χ4n) is 1.90. The molecule has 2 N–H and O–H groups in total. The number of aryl methyl sites for hydroxylation is 2. The Morgan fingerprint density at radius 1 is 1.26 bits per heavy atom. The molecule has 1 amide bonds. The van der Waals surface area contributed by atoms with Gasteiger partial charge in [-0.15, -0.1) is 0 Å². The van der Waals surface area contributed by atoms with Gasteiger partial charge in [0.1, 0.15) is 0 Å². The molecule has 4 heteroatoms. The summed E-state index contributed by atoms with van der Waals surface area (Å²) in [6.07, 6.45) is 1.69. The van der Waals surface area contributed by atoms with Gasteiger partial charge < -0.3 is 10.4 Å². The standard InChI is InChI=1S/C15H21NO3/c1-11-5-3-4-6-13(11)8-9-14(17)16-12(2)7-10-15(18)19/h3-6,12H,7-10H2,1-2H3,(H,16,17)(H,18,19). The van der Waals surface area contributed by atoms with Crippen molar-refractivity contribution in [2.24, 2.45) is 0 Å². The molecule has 1 aromatic rings. The molecule has 0 aliphatic rings. The summed E-state index contributed by atoms with van der Waals surface area (Å²) in [7, 11) is 0. The summed E-state index contributed by atoms with van der Waals surface area (Å²) in [5, 5.41) is 11.4. The van der Waals surface area contributed by atoms with Crippen LogP contribution >= 0.6 is 0 Å². The second-order valence-electron chi connectivity index (χ2n) is 4.83. The van der Waals surface area contributed by atoms with E-state index in [1.165, 1.54) is 11.1 Å². The van der Waals surface area contributed by atoms with Crippen molar-refractivity contribution in [2.75, 3.05) is 0 Å². The van der Waals surface area contributed by atoms with Gasteiger partial charge in [-0.05, 0) is 37.8 Å². The van der Waals surface area contributed by atoms with Crippen molar-refractivity contribution < 1.29 is 14.7 Å². The Labute approximate surface area is 113 Å². The summed E-state index contributed by atoms with van der Waals surface area (Å²) in [5.41, 5.74) is 2.37. The Bertz CT molecular complexity index is 443. The van der Waals surface area contributed by atoms with E-state index in [0.717, 1.165) is 0 Å². The van der Waals surface area contributed by atoms with Crippen LogP contribution in [0.4, 0.5) is 0 Å². The van der Waals surface area contributed by atoms with Crippen LogP contribution < -0.4 is 5.32 Å². The largest absolute Gasteiger partial charge is 0.481 e. The molecule has 1 unspecified atom stereocenters. The van der Waals surface area contributed by atoms with Gasteiger partial charge in [0.25, 0.3) is 0 Å². The molecule has 0 saturated carbocycles. The van der Waals surface area contributed by atoms with Crippen LogP contribution in [-0.4, -0.2) is 23.0 Å². The quantitative estimate of drug-likeness (QED) is 0.793. The van der Waals surface area contributed by atoms with Crippen LogP contribution in [0.5, 0.6) is 0 Å². The van der Waals surface area contributed by atoms with Crippen molar-refractivity contribution in [3.05, 3.63) is 35.4 Å². The molecule has 4 nitrogen and oxygen atoms in total. The first kappa shape index (κ1) is 15.2. The zero-order valence-corrected chi connectivity index (χ0v) is 11.5. The average Bonchev–Trinajstić information content (AvgIpc) is 2.35. The van der Waals surface area contributed by atoms with E-state index in [-0.39, 0.29) is 18.4 Å². The molecule has 19 heavy (non-hydrogen) atoms. The van der Waals surface area contributed by atoms with Crippen LogP contribution in [-0.2, 0) is 16.0 Å². The first-order valence-electron chi connectivity index (χ1n) is 6.54. The van der Waals surface area contributed by atoms with Gasteiger partial charge in [-0.1, -0.05) is 24.3 Å². The van der Waals surface area contributed by atoms with E-state index in [0.29, 0.717) is 19.3 Å². The van der Waals surface area contributed by atoms with Crippen molar-refractivity contribution in [1.82, 2.24) is 5.32 Å². The van der Waals surface area contributed by atoms with Crippen molar-refractivity contribution in [3.8, 4) is 0 Å². The van der Waals surface area contributed by atoms with Crippen molar-refractivity contribution in [3.63, 3.8) is 0 Å². The molecule has 1 rings (SSSR count). The van der Waals surface area contributed by atoms with Crippen LogP contribution in [0.2, 0.25) is 0 Å². The predicted octanol–water partition coefficient (Wildman–Crippen LogP) is 2.30. The lowest BCUT2D eigenvalue weighted by molar-refractivity contribution is -0.137. The van der Waals surface area contributed by atoms with Gasteiger partial charge in [0.15, 0.2) is 0 Å². The molecule has 0 spiro atoms. The number of hydrogen-bond donors (Lipinski definition) is 2. The first-order chi connectivity index (χ1) is 8.99. The summed E-state index contributed by atoms with van der Waals surface area (Å²) >= 11 is 0. The Hall–Kier alpha value is -1.84. The van der Waals surface area contributed by atoms with E-state index in [1.807, 2.05) is 38.1 Å². The average molecular weight is 263 g/mol. The number of amides is 1. The molecule has 0 fully saturated rings. The highest BCUT2D eigenvalue weighted by Gasteiger charge is 2.09. The molecule has 0 heterocycles. The molecule has 104 valence electrons. The van der Waals surface area contributed by atoms with Gasteiger partial charge in [-0.3, -0.25) is 9.59 Å². The highest BCUT2D eigenvalue weighted by molar-refractivity contribution is 5.76. The minimum absolute atomic E-state index is 0.0267. The molecule has 0 aliphatic carbocycles. The summed E-state index contributed by atoms with van der Waals surface area (Å²) in [6.45, 7) is 3.86. The van der Waals surface area contributed by atoms with E-state index in [9.17, 15) is 9.59 Å². The van der Waals surface area contributed by atoms with Gasteiger partial charge in [0.2, 0.25) is 5.91 Å². The second kappa shape index (κ2) is 7.56. The van der Waals surface area contributed by atoms with Crippen LogP contribution in [0.3, 0.4) is 0 Å². The van der Waals surface area contributed by atoms with E-state index < -0.39 is 5.97 Å². The molecule has 1 aromatic carbocycles. The molecule has 0 aromatic heterocycles. The molecular formula is C15H21NO3. The third-order valence-electron chi connectivity index (χ3n) is 3.08. The van der Waals surface area contributed by atoms with E-state index >= 15 is 0 Å². The maximum Gasteiger partial charge on any atom is 0.303 e. The van der Waals surface area contributed by atoms with Crippen LogP contribution in [0.25, 0.3) is 0 Å². The van der Waals surface area contributed by atoms with Crippen molar-refractivity contribution >= 4 is 11.9 Å². The molecule has 0 radical (unpaired) electrons. The second-order valence-corrected chi connectivity index (χ2v) is 4.83. The smallest absolute Gasteiger partial charge is 0.303 e. The number of carbonyl (C=O) groups is 2. The summed E-state index contributed by atoms with van der Waals surface area (Å²) in [5.74, 6) is -0.859. The lowest BCUT2D eigenvalue weighted by atomic mass is 10.0. The minimum atomic E-state index is -0.832. The SMILES string of the molecule is Cc1ccccc1CCC(=O)NC(C)CCC(=O)O. The fraction of sp³-hybridized carbons (Fsp3) is 0.467. The lowest BCUT2D eigenvalue weighted by Crippen LogP contribution is -2.33. The number of benzene rings is 1. The summed E-state index contributed by atoms with van der Waals surface area (Å²) in [4.78, 5) is 22.1. The van der Waals surface area contributed by atoms with Crippen LogP contribution in [0.1, 0.15) is 37.3 Å². The molecule has 0 bridgehead atoms. The van der Waals surface area contributed by atoms with E-state index in [4.69, 9.17) is 5.11 Å². The zero-order valence-electron chi connectivity index (χ0n) is 11.5.